The Kier molecular flexibility index (Phi) is 6.61. The van der Waals surface area contributed by atoms with Gasteiger partial charge in [0.05, 0.1) is 11.1 Å². The minimum atomic E-state index is -0.642. The van der Waals surface area contributed by atoms with Crippen molar-refractivity contribution in [1.82, 2.24) is 10.3 Å². The van der Waals surface area contributed by atoms with Gasteiger partial charge in [-0.05, 0) is 43.4 Å². The lowest BCUT2D eigenvalue weighted by Crippen LogP contribution is -2.45. The first kappa shape index (κ1) is 20.7. The van der Waals surface area contributed by atoms with Gasteiger partial charge in [-0.3, -0.25) is 4.79 Å². The van der Waals surface area contributed by atoms with Crippen LogP contribution in [0.2, 0.25) is 0 Å². The van der Waals surface area contributed by atoms with Crippen LogP contribution >= 0.6 is 11.8 Å². The minimum absolute atomic E-state index is 0.120. The van der Waals surface area contributed by atoms with E-state index in [-0.39, 0.29) is 29.7 Å². The lowest BCUT2D eigenvalue weighted by atomic mass is 9.78. The van der Waals surface area contributed by atoms with Crippen molar-refractivity contribution in [3.63, 3.8) is 0 Å². The van der Waals surface area contributed by atoms with Gasteiger partial charge >= 0.3 is 5.97 Å². The molecule has 1 aromatic rings. The fourth-order valence-corrected chi connectivity index (χ4v) is 4.35. The second-order valence-corrected chi connectivity index (χ2v) is 8.68. The summed E-state index contributed by atoms with van der Waals surface area (Å²) in [5, 5.41) is 13.0. The van der Waals surface area contributed by atoms with Crippen molar-refractivity contribution in [1.29, 1.82) is 5.26 Å². The molecule has 28 heavy (non-hydrogen) atoms. The summed E-state index contributed by atoms with van der Waals surface area (Å²) in [5.74, 6) is 0.394. The van der Waals surface area contributed by atoms with E-state index in [0.29, 0.717) is 22.8 Å². The van der Waals surface area contributed by atoms with Gasteiger partial charge in [0.25, 0.3) is 5.91 Å². The molecule has 0 radical (unpaired) electrons. The highest BCUT2D eigenvalue weighted by molar-refractivity contribution is 7.98. The van der Waals surface area contributed by atoms with Crippen LogP contribution in [0, 0.1) is 23.2 Å². The first-order valence-corrected chi connectivity index (χ1v) is 11.1. The van der Waals surface area contributed by atoms with E-state index in [1.807, 2.05) is 6.26 Å². The third-order valence-electron chi connectivity index (χ3n) is 5.91. The van der Waals surface area contributed by atoms with Crippen LogP contribution in [0.15, 0.2) is 11.1 Å². The second-order valence-electron chi connectivity index (χ2n) is 7.88. The van der Waals surface area contributed by atoms with Crippen molar-refractivity contribution >= 4 is 23.6 Å². The fraction of sp³-hybridized carbons (Fsp3) is 0.619. The third kappa shape index (κ3) is 4.67. The molecule has 1 amide bonds. The number of rotatable bonds is 6. The van der Waals surface area contributed by atoms with Gasteiger partial charge in [0.1, 0.15) is 11.1 Å². The Labute approximate surface area is 170 Å². The standard InChI is InChI=1S/C21H27N3O3S/c1-12-5-4-6-17(13(12)2)23-19(25)11-27-21(26)15-9-18(14-7-8-14)24-20(28-3)16(15)10-22/h9,12-14,17H,4-8,11H2,1-3H3,(H,23,25)/t12-,13-,17+/m0/s1. The Balaban J connectivity index is 1.65. The minimum Gasteiger partial charge on any atom is -0.452 e. The SMILES string of the molecule is CSc1nc(C2CC2)cc(C(=O)OCC(=O)N[C@@H]2CCC[C@H](C)[C@@H]2C)c1C#N. The molecule has 6 nitrogen and oxygen atoms in total. The van der Waals surface area contributed by atoms with Crippen LogP contribution in [0.3, 0.4) is 0 Å². The normalized spacial score (nSPS) is 24.3. The fourth-order valence-electron chi connectivity index (χ4n) is 3.79. The van der Waals surface area contributed by atoms with E-state index in [2.05, 4.69) is 30.2 Å². The molecule has 1 aromatic heterocycles. The zero-order chi connectivity index (χ0) is 20.3. The topological polar surface area (TPSA) is 92.1 Å². The van der Waals surface area contributed by atoms with Gasteiger partial charge in [-0.2, -0.15) is 5.26 Å². The molecule has 0 bridgehead atoms. The molecule has 0 unspecified atom stereocenters. The summed E-state index contributed by atoms with van der Waals surface area (Å²) >= 11 is 1.34. The Morgan fingerprint density at radius 2 is 2.07 bits per heavy atom. The smallest absolute Gasteiger partial charge is 0.340 e. The quantitative estimate of drug-likeness (QED) is 0.578. The number of carbonyl (C=O) groups excluding carboxylic acids is 2. The molecule has 3 atom stereocenters. The Morgan fingerprint density at radius 1 is 1.32 bits per heavy atom. The second kappa shape index (κ2) is 8.95. The monoisotopic (exact) mass is 401 g/mol. The number of nitriles is 1. The number of aromatic nitrogens is 1. The van der Waals surface area contributed by atoms with E-state index in [4.69, 9.17) is 4.74 Å². The molecule has 2 saturated carbocycles. The molecule has 0 aromatic carbocycles. The molecule has 2 aliphatic carbocycles. The van der Waals surface area contributed by atoms with Gasteiger partial charge in [0.15, 0.2) is 6.61 Å². The van der Waals surface area contributed by atoms with Gasteiger partial charge in [0.2, 0.25) is 0 Å². The predicted molar refractivity (Wildman–Crippen MR) is 107 cm³/mol. The molecule has 0 aliphatic heterocycles. The highest BCUT2D eigenvalue weighted by Crippen LogP contribution is 2.40. The van der Waals surface area contributed by atoms with Gasteiger partial charge in [0, 0.05) is 17.7 Å². The van der Waals surface area contributed by atoms with E-state index in [1.165, 1.54) is 18.2 Å². The largest absolute Gasteiger partial charge is 0.452 e. The zero-order valence-electron chi connectivity index (χ0n) is 16.7. The molecular weight excluding hydrogens is 374 g/mol. The molecule has 0 spiro atoms. The molecule has 3 rings (SSSR count). The van der Waals surface area contributed by atoms with Gasteiger partial charge in [-0.15, -0.1) is 11.8 Å². The maximum Gasteiger partial charge on any atom is 0.340 e. The van der Waals surface area contributed by atoms with Crippen molar-refractivity contribution in [2.45, 2.75) is 62.9 Å². The summed E-state index contributed by atoms with van der Waals surface area (Å²) in [6.07, 6.45) is 7.15. The maximum atomic E-state index is 12.6. The van der Waals surface area contributed by atoms with Gasteiger partial charge < -0.3 is 10.1 Å². The lowest BCUT2D eigenvalue weighted by Gasteiger charge is -2.34. The summed E-state index contributed by atoms with van der Waals surface area (Å²) in [5.41, 5.74) is 1.25. The van der Waals surface area contributed by atoms with Crippen LogP contribution in [0.25, 0.3) is 0 Å². The zero-order valence-corrected chi connectivity index (χ0v) is 17.5. The summed E-state index contributed by atoms with van der Waals surface area (Å²) in [7, 11) is 0. The molecule has 150 valence electrons. The maximum absolute atomic E-state index is 12.6. The van der Waals surface area contributed by atoms with E-state index >= 15 is 0 Å². The Bertz CT molecular complexity index is 801. The number of nitrogens with one attached hydrogen (secondary N) is 1. The first-order chi connectivity index (χ1) is 13.4. The molecule has 1 N–H and O–H groups in total. The Hall–Kier alpha value is -2.07. The number of ether oxygens (including phenoxy) is 1. The average Bonchev–Trinajstić information content (AvgIpc) is 3.53. The van der Waals surface area contributed by atoms with E-state index in [0.717, 1.165) is 31.4 Å². The first-order valence-electron chi connectivity index (χ1n) is 9.90. The number of thioether (sulfide) groups is 1. The Morgan fingerprint density at radius 3 is 2.71 bits per heavy atom. The average molecular weight is 402 g/mol. The summed E-state index contributed by atoms with van der Waals surface area (Å²) < 4.78 is 5.25. The van der Waals surface area contributed by atoms with Crippen LogP contribution in [-0.4, -0.2) is 35.8 Å². The van der Waals surface area contributed by atoms with Gasteiger partial charge in [-0.1, -0.05) is 26.7 Å². The van der Waals surface area contributed by atoms with Crippen molar-refractivity contribution in [2.24, 2.45) is 11.8 Å². The van der Waals surface area contributed by atoms with Crippen molar-refractivity contribution in [3.05, 3.63) is 22.9 Å². The number of esters is 1. The van der Waals surface area contributed by atoms with E-state index < -0.39 is 5.97 Å². The van der Waals surface area contributed by atoms with Gasteiger partial charge in [-0.25, -0.2) is 9.78 Å². The molecular formula is C21H27N3O3S. The van der Waals surface area contributed by atoms with Crippen LogP contribution in [-0.2, 0) is 9.53 Å². The number of nitrogens with zero attached hydrogens (tertiary/aromatic N) is 2. The number of hydrogen-bond acceptors (Lipinski definition) is 6. The van der Waals surface area contributed by atoms with Crippen LogP contribution in [0.4, 0.5) is 0 Å². The van der Waals surface area contributed by atoms with E-state index in [1.54, 1.807) is 6.07 Å². The number of carbonyl (C=O) groups is 2. The predicted octanol–water partition coefficient (Wildman–Crippen LogP) is 3.65. The third-order valence-corrected chi connectivity index (χ3v) is 6.60. The van der Waals surface area contributed by atoms with Crippen LogP contribution < -0.4 is 5.32 Å². The van der Waals surface area contributed by atoms with Crippen molar-refractivity contribution in [3.8, 4) is 6.07 Å². The highest BCUT2D eigenvalue weighted by atomic mass is 32.2. The lowest BCUT2D eigenvalue weighted by molar-refractivity contribution is -0.125. The van der Waals surface area contributed by atoms with Crippen molar-refractivity contribution in [2.75, 3.05) is 12.9 Å². The van der Waals surface area contributed by atoms with Crippen molar-refractivity contribution < 1.29 is 14.3 Å². The number of hydrogen-bond donors (Lipinski definition) is 1. The number of pyridine rings is 1. The molecule has 0 saturated heterocycles. The summed E-state index contributed by atoms with van der Waals surface area (Å²) in [6, 6.07) is 3.84. The highest BCUT2D eigenvalue weighted by Gasteiger charge is 2.30. The molecule has 7 heteroatoms. The number of amides is 1. The van der Waals surface area contributed by atoms with Crippen LogP contribution in [0.5, 0.6) is 0 Å². The summed E-state index contributed by atoms with van der Waals surface area (Å²) in [6.45, 7) is 4.02. The molecule has 1 heterocycles. The summed E-state index contributed by atoms with van der Waals surface area (Å²) in [4.78, 5) is 29.4. The van der Waals surface area contributed by atoms with E-state index in [9.17, 15) is 14.9 Å². The molecule has 2 aliphatic rings. The van der Waals surface area contributed by atoms with Crippen LogP contribution in [0.1, 0.15) is 73.5 Å². The molecule has 2 fully saturated rings.